The zero-order chi connectivity index (χ0) is 26.2. The third kappa shape index (κ3) is 5.65. The van der Waals surface area contributed by atoms with Crippen LogP contribution in [0.25, 0.3) is 11.0 Å². The van der Waals surface area contributed by atoms with Crippen molar-refractivity contribution in [2.24, 2.45) is 17.8 Å². The van der Waals surface area contributed by atoms with E-state index in [9.17, 15) is 4.79 Å². The Labute approximate surface area is 229 Å². The maximum Gasteiger partial charge on any atom is 0.254 e. The molecule has 4 aliphatic rings. The number of pyridine rings is 1. The Hall–Kier alpha value is -3.04. The van der Waals surface area contributed by atoms with Crippen LogP contribution in [-0.4, -0.2) is 82.1 Å². The monoisotopic (exact) mass is 530 g/mol. The molecule has 1 aliphatic carbocycles. The number of amides is 1. The summed E-state index contributed by atoms with van der Waals surface area (Å²) >= 11 is 0. The van der Waals surface area contributed by atoms with E-state index in [4.69, 9.17) is 14.5 Å². The molecule has 7 rings (SSSR count). The number of hydrogen-bond acceptors (Lipinski definition) is 7. The van der Waals surface area contributed by atoms with Crippen LogP contribution in [0.1, 0.15) is 66.1 Å². The molecule has 1 N–H and O–H groups in total. The van der Waals surface area contributed by atoms with Gasteiger partial charge in [-0.25, -0.2) is 4.98 Å². The Morgan fingerprint density at radius 1 is 0.949 bits per heavy atom. The van der Waals surface area contributed by atoms with Gasteiger partial charge in [0.15, 0.2) is 0 Å². The fourth-order valence-electron chi connectivity index (χ4n) is 6.58. The van der Waals surface area contributed by atoms with E-state index in [0.29, 0.717) is 36.2 Å². The molecule has 1 amide bonds. The number of nitrogens with one attached hydrogen (secondary N) is 1. The molecule has 4 fully saturated rings. The van der Waals surface area contributed by atoms with Gasteiger partial charge in [0.25, 0.3) is 5.91 Å². The molecule has 1 aromatic carbocycles. The highest BCUT2D eigenvalue weighted by molar-refractivity contribution is 5.95. The highest BCUT2D eigenvalue weighted by atomic mass is 16.5. The predicted octanol–water partition coefficient (Wildman–Crippen LogP) is 4.02. The average Bonchev–Trinajstić information content (AvgIpc) is 3.64. The van der Waals surface area contributed by atoms with E-state index in [-0.39, 0.29) is 5.91 Å². The molecule has 5 heterocycles. The topological polar surface area (TPSA) is 96.5 Å². The maximum atomic E-state index is 13.7. The van der Waals surface area contributed by atoms with Crippen molar-refractivity contribution < 1.29 is 14.3 Å². The maximum absolute atomic E-state index is 13.7. The Bertz CT molecular complexity index is 1300. The number of carbonyl (C=O) groups is 1. The zero-order valence-electron chi connectivity index (χ0n) is 22.6. The van der Waals surface area contributed by atoms with Gasteiger partial charge in [-0.15, -0.1) is 0 Å². The van der Waals surface area contributed by atoms with Gasteiger partial charge in [-0.1, -0.05) is 6.07 Å². The second-order valence-electron chi connectivity index (χ2n) is 12.0. The molecule has 0 radical (unpaired) electrons. The molecule has 2 aromatic heterocycles. The molecule has 206 valence electrons. The summed E-state index contributed by atoms with van der Waals surface area (Å²) in [6.07, 6.45) is 6.62. The second-order valence-corrected chi connectivity index (χ2v) is 12.0. The SMILES string of the molecule is O=C(c1cc(OCC2CCOCC2)nc(C2CC2)c1)N1C[C@H]2CCN(Cc3ccc4n[nH]nc4c3)CC[C@H]2C1. The van der Waals surface area contributed by atoms with Gasteiger partial charge in [-0.05, 0) is 93.1 Å². The van der Waals surface area contributed by atoms with Crippen molar-refractivity contribution in [3.05, 3.63) is 47.2 Å². The fraction of sp³-hybridized carbons (Fsp3) is 0.600. The minimum atomic E-state index is 0.140. The van der Waals surface area contributed by atoms with Crippen molar-refractivity contribution in [2.75, 3.05) is 46.0 Å². The lowest BCUT2D eigenvalue weighted by Crippen LogP contribution is -2.31. The Kier molecular flexibility index (Phi) is 6.94. The number of fused-ring (bicyclic) bond motifs is 2. The van der Waals surface area contributed by atoms with E-state index in [0.717, 1.165) is 107 Å². The van der Waals surface area contributed by atoms with E-state index in [1.807, 2.05) is 18.2 Å². The number of aromatic nitrogens is 4. The largest absolute Gasteiger partial charge is 0.477 e. The van der Waals surface area contributed by atoms with E-state index in [2.05, 4.69) is 37.3 Å². The molecule has 3 aromatic rings. The van der Waals surface area contributed by atoms with E-state index in [1.165, 1.54) is 5.56 Å². The second kappa shape index (κ2) is 10.8. The molecule has 3 saturated heterocycles. The highest BCUT2D eigenvalue weighted by Crippen LogP contribution is 2.40. The number of rotatable bonds is 7. The number of carbonyl (C=O) groups excluding carboxylic acids is 1. The lowest BCUT2D eigenvalue weighted by atomic mass is 9.92. The average molecular weight is 531 g/mol. The Morgan fingerprint density at radius 3 is 2.49 bits per heavy atom. The molecule has 0 bridgehead atoms. The van der Waals surface area contributed by atoms with Gasteiger partial charge in [0.1, 0.15) is 11.0 Å². The van der Waals surface area contributed by atoms with Crippen LogP contribution in [0.3, 0.4) is 0 Å². The predicted molar refractivity (Wildman–Crippen MR) is 147 cm³/mol. The fourth-order valence-corrected chi connectivity index (χ4v) is 6.58. The van der Waals surface area contributed by atoms with Crippen LogP contribution < -0.4 is 4.74 Å². The zero-order valence-corrected chi connectivity index (χ0v) is 22.6. The number of H-pyrrole nitrogens is 1. The van der Waals surface area contributed by atoms with Crippen LogP contribution in [-0.2, 0) is 11.3 Å². The summed E-state index contributed by atoms with van der Waals surface area (Å²) in [7, 11) is 0. The van der Waals surface area contributed by atoms with Crippen LogP contribution in [0.5, 0.6) is 5.88 Å². The minimum Gasteiger partial charge on any atom is -0.477 e. The molecule has 3 aliphatic heterocycles. The van der Waals surface area contributed by atoms with Crippen molar-refractivity contribution in [1.29, 1.82) is 0 Å². The van der Waals surface area contributed by atoms with Crippen molar-refractivity contribution in [1.82, 2.24) is 30.2 Å². The first-order valence-electron chi connectivity index (χ1n) is 14.7. The number of aromatic amines is 1. The summed E-state index contributed by atoms with van der Waals surface area (Å²) in [5.74, 6) is 2.85. The summed E-state index contributed by atoms with van der Waals surface area (Å²) in [6, 6.07) is 10.2. The van der Waals surface area contributed by atoms with Crippen LogP contribution in [0.4, 0.5) is 0 Å². The summed E-state index contributed by atoms with van der Waals surface area (Å²) < 4.78 is 11.6. The van der Waals surface area contributed by atoms with Crippen molar-refractivity contribution in [3.8, 4) is 5.88 Å². The van der Waals surface area contributed by atoms with Crippen LogP contribution in [0.2, 0.25) is 0 Å². The molecular formula is C30H38N6O3. The third-order valence-electron chi connectivity index (χ3n) is 9.15. The molecule has 0 unspecified atom stereocenters. The van der Waals surface area contributed by atoms with Crippen molar-refractivity contribution in [3.63, 3.8) is 0 Å². The lowest BCUT2D eigenvalue weighted by Gasteiger charge is -2.23. The normalized spacial score (nSPS) is 24.6. The molecule has 9 nitrogen and oxygen atoms in total. The number of nitrogens with zero attached hydrogens (tertiary/aromatic N) is 5. The molecular weight excluding hydrogens is 492 g/mol. The highest BCUT2D eigenvalue weighted by Gasteiger charge is 2.38. The first kappa shape index (κ1) is 25.0. The van der Waals surface area contributed by atoms with Gasteiger partial charge in [-0.3, -0.25) is 9.69 Å². The van der Waals surface area contributed by atoms with Crippen molar-refractivity contribution in [2.45, 2.75) is 51.0 Å². The molecule has 1 saturated carbocycles. The van der Waals surface area contributed by atoms with E-state index in [1.54, 1.807) is 0 Å². The summed E-state index contributed by atoms with van der Waals surface area (Å²) in [5.41, 5.74) is 4.88. The number of benzene rings is 1. The molecule has 39 heavy (non-hydrogen) atoms. The van der Waals surface area contributed by atoms with Gasteiger partial charge in [0.2, 0.25) is 5.88 Å². The summed E-state index contributed by atoms with van der Waals surface area (Å²) in [5, 5.41) is 11.1. The van der Waals surface area contributed by atoms with Gasteiger partial charge >= 0.3 is 0 Å². The van der Waals surface area contributed by atoms with Crippen LogP contribution in [0, 0.1) is 17.8 Å². The Morgan fingerprint density at radius 2 is 1.72 bits per heavy atom. The van der Waals surface area contributed by atoms with Gasteiger partial charge < -0.3 is 14.4 Å². The smallest absolute Gasteiger partial charge is 0.254 e. The first-order valence-corrected chi connectivity index (χ1v) is 14.7. The van der Waals surface area contributed by atoms with Crippen LogP contribution in [0.15, 0.2) is 30.3 Å². The number of ether oxygens (including phenoxy) is 2. The molecule has 2 atom stereocenters. The van der Waals surface area contributed by atoms with E-state index >= 15 is 0 Å². The third-order valence-corrected chi connectivity index (χ3v) is 9.15. The van der Waals surface area contributed by atoms with Crippen LogP contribution >= 0.6 is 0 Å². The van der Waals surface area contributed by atoms with Gasteiger partial charge in [0, 0.05) is 56.1 Å². The Balaban J connectivity index is 0.979. The number of hydrogen-bond donors (Lipinski definition) is 1. The lowest BCUT2D eigenvalue weighted by molar-refractivity contribution is 0.0490. The van der Waals surface area contributed by atoms with Gasteiger partial charge in [-0.2, -0.15) is 15.4 Å². The summed E-state index contributed by atoms with van der Waals surface area (Å²) in [6.45, 7) is 7.01. The standard InChI is InChI=1S/C30H38N6O3/c37-30(25-14-27(22-2-3-22)31-29(15-25)39-19-20-7-11-38-12-8-20)36-17-23-5-9-35(10-6-24(23)18-36)16-21-1-4-26-28(13-21)33-34-32-26/h1,4,13-15,20,22-24H,2-3,5-12,16-19H2,(H,32,33,34)/t23-,24+. The molecule has 0 spiro atoms. The first-order chi connectivity index (χ1) is 19.2. The minimum absolute atomic E-state index is 0.140. The number of likely N-dealkylation sites (tertiary alicyclic amines) is 2. The molecule has 9 heteroatoms. The van der Waals surface area contributed by atoms with Crippen molar-refractivity contribution >= 4 is 16.9 Å². The van der Waals surface area contributed by atoms with Gasteiger partial charge in [0.05, 0.1) is 6.61 Å². The quantitative estimate of drug-likeness (QED) is 0.493. The summed E-state index contributed by atoms with van der Waals surface area (Å²) in [4.78, 5) is 23.2. The van der Waals surface area contributed by atoms with E-state index < -0.39 is 0 Å².